The number of benzene rings is 1. The highest BCUT2D eigenvalue weighted by molar-refractivity contribution is 5.72. The summed E-state index contributed by atoms with van der Waals surface area (Å²) in [5.41, 5.74) is 1.94. The molecule has 0 spiro atoms. The Kier molecular flexibility index (Phi) is 9.70. The third-order valence-corrected chi connectivity index (χ3v) is 2.74. The molecule has 1 rings (SSSR count). The van der Waals surface area contributed by atoms with E-state index in [4.69, 9.17) is 4.74 Å². The van der Waals surface area contributed by atoms with Gasteiger partial charge in [-0.25, -0.2) is 4.79 Å². The first kappa shape index (κ1) is 21.0. The van der Waals surface area contributed by atoms with E-state index < -0.39 is 0 Å². The topological polar surface area (TPSA) is 64.6 Å². The lowest BCUT2D eigenvalue weighted by Gasteiger charge is -2.18. The van der Waals surface area contributed by atoms with Crippen LogP contribution < -0.4 is 5.32 Å². The maximum atomic E-state index is 11.0. The SMILES string of the molecule is CCCc1ccc(CC(=O)OC)cc1.CNC(=O)OC(C)(C)C. The van der Waals surface area contributed by atoms with Crippen molar-refractivity contribution >= 4 is 12.1 Å². The Morgan fingerprint density at radius 1 is 1.09 bits per heavy atom. The van der Waals surface area contributed by atoms with Gasteiger partial charge < -0.3 is 14.8 Å². The van der Waals surface area contributed by atoms with Gasteiger partial charge in [-0.3, -0.25) is 4.79 Å². The molecule has 0 bridgehead atoms. The first-order valence-electron chi connectivity index (χ1n) is 7.77. The van der Waals surface area contributed by atoms with Crippen molar-refractivity contribution in [3.05, 3.63) is 35.4 Å². The molecular weight excluding hydrogens is 294 g/mol. The predicted octanol–water partition coefficient (Wildman–Crippen LogP) is 3.50. The van der Waals surface area contributed by atoms with Crippen molar-refractivity contribution in [2.45, 2.75) is 52.6 Å². The number of aryl methyl sites for hydroxylation is 1. The minimum absolute atomic E-state index is 0.187. The van der Waals surface area contributed by atoms with Gasteiger partial charge in [-0.05, 0) is 38.3 Å². The van der Waals surface area contributed by atoms with Crippen molar-refractivity contribution in [2.75, 3.05) is 14.2 Å². The number of alkyl carbamates (subject to hydrolysis) is 1. The zero-order valence-electron chi connectivity index (χ0n) is 15.1. The predicted molar refractivity (Wildman–Crippen MR) is 91.5 cm³/mol. The van der Waals surface area contributed by atoms with Gasteiger partial charge >= 0.3 is 12.1 Å². The number of carbonyl (C=O) groups is 2. The first-order chi connectivity index (χ1) is 10.7. The van der Waals surface area contributed by atoms with Gasteiger partial charge in [0.1, 0.15) is 5.60 Å². The summed E-state index contributed by atoms with van der Waals surface area (Å²) in [5.74, 6) is -0.187. The van der Waals surface area contributed by atoms with Crippen LogP contribution in [0.25, 0.3) is 0 Å². The Balaban J connectivity index is 0.000000468. The lowest BCUT2D eigenvalue weighted by molar-refractivity contribution is -0.139. The fourth-order valence-electron chi connectivity index (χ4n) is 1.68. The second-order valence-corrected chi connectivity index (χ2v) is 6.07. The lowest BCUT2D eigenvalue weighted by atomic mass is 10.1. The van der Waals surface area contributed by atoms with Gasteiger partial charge in [0.2, 0.25) is 0 Å². The number of esters is 1. The Labute approximate surface area is 139 Å². The maximum Gasteiger partial charge on any atom is 0.407 e. The van der Waals surface area contributed by atoms with E-state index in [1.165, 1.54) is 19.7 Å². The van der Waals surface area contributed by atoms with Crippen LogP contribution in [-0.4, -0.2) is 31.8 Å². The van der Waals surface area contributed by atoms with Crippen LogP contribution >= 0.6 is 0 Å². The molecule has 1 amide bonds. The summed E-state index contributed by atoms with van der Waals surface area (Å²) in [6, 6.07) is 8.12. The molecule has 130 valence electrons. The first-order valence-corrected chi connectivity index (χ1v) is 7.77. The Morgan fingerprint density at radius 3 is 1.96 bits per heavy atom. The number of carbonyl (C=O) groups excluding carboxylic acids is 2. The molecule has 5 nitrogen and oxygen atoms in total. The molecule has 0 atom stereocenters. The Hall–Kier alpha value is -2.04. The van der Waals surface area contributed by atoms with Gasteiger partial charge in [0, 0.05) is 7.05 Å². The second kappa shape index (κ2) is 10.6. The highest BCUT2D eigenvalue weighted by Crippen LogP contribution is 2.07. The minimum Gasteiger partial charge on any atom is -0.469 e. The average Bonchev–Trinajstić information content (AvgIpc) is 2.48. The van der Waals surface area contributed by atoms with Crippen LogP contribution in [0.1, 0.15) is 45.2 Å². The molecule has 5 heteroatoms. The van der Waals surface area contributed by atoms with E-state index >= 15 is 0 Å². The number of rotatable bonds is 4. The summed E-state index contributed by atoms with van der Waals surface area (Å²) in [5, 5.41) is 2.36. The molecule has 0 aliphatic heterocycles. The van der Waals surface area contributed by atoms with E-state index in [9.17, 15) is 9.59 Å². The van der Waals surface area contributed by atoms with Crippen LogP contribution in [0.4, 0.5) is 4.79 Å². The van der Waals surface area contributed by atoms with Crippen molar-refractivity contribution in [2.24, 2.45) is 0 Å². The number of methoxy groups -OCH3 is 1. The highest BCUT2D eigenvalue weighted by Gasteiger charge is 2.13. The highest BCUT2D eigenvalue weighted by atomic mass is 16.6. The Bertz CT molecular complexity index is 475. The molecule has 0 aromatic heterocycles. The van der Waals surface area contributed by atoms with Gasteiger partial charge in [0.15, 0.2) is 0 Å². The van der Waals surface area contributed by atoms with Crippen LogP contribution in [0.5, 0.6) is 0 Å². The average molecular weight is 323 g/mol. The largest absolute Gasteiger partial charge is 0.469 e. The molecule has 0 aliphatic carbocycles. The number of ether oxygens (including phenoxy) is 2. The van der Waals surface area contributed by atoms with Crippen molar-refractivity contribution < 1.29 is 19.1 Å². The van der Waals surface area contributed by atoms with E-state index in [0.29, 0.717) is 6.42 Å². The summed E-state index contributed by atoms with van der Waals surface area (Å²) in [7, 11) is 2.95. The molecule has 1 aromatic rings. The van der Waals surface area contributed by atoms with Gasteiger partial charge in [0.05, 0.1) is 13.5 Å². The van der Waals surface area contributed by atoms with E-state index in [1.807, 2.05) is 32.9 Å². The summed E-state index contributed by atoms with van der Waals surface area (Å²) in [6.45, 7) is 7.62. The van der Waals surface area contributed by atoms with Crippen LogP contribution in [0.15, 0.2) is 24.3 Å². The number of amides is 1. The normalized spacial score (nSPS) is 10.2. The van der Waals surface area contributed by atoms with Gasteiger partial charge in [-0.2, -0.15) is 0 Å². The zero-order chi connectivity index (χ0) is 17.9. The van der Waals surface area contributed by atoms with Crippen molar-refractivity contribution in [3.8, 4) is 0 Å². The molecule has 0 heterocycles. The molecule has 0 unspecified atom stereocenters. The van der Waals surface area contributed by atoms with E-state index in [-0.39, 0.29) is 17.7 Å². The maximum absolute atomic E-state index is 11.0. The van der Waals surface area contributed by atoms with Gasteiger partial charge in [-0.15, -0.1) is 0 Å². The van der Waals surface area contributed by atoms with Crippen LogP contribution in [0.2, 0.25) is 0 Å². The van der Waals surface area contributed by atoms with E-state index in [2.05, 4.69) is 29.1 Å². The fraction of sp³-hybridized carbons (Fsp3) is 0.556. The number of hydrogen-bond acceptors (Lipinski definition) is 4. The van der Waals surface area contributed by atoms with Crippen molar-refractivity contribution in [3.63, 3.8) is 0 Å². The summed E-state index contributed by atoms with van der Waals surface area (Å²) in [4.78, 5) is 21.5. The minimum atomic E-state index is -0.389. The standard InChI is InChI=1S/C12H16O2.C6H13NO2/c1-3-4-10-5-7-11(8-6-10)9-12(13)14-2;1-6(2,3)9-5(8)7-4/h5-8H,3-4,9H2,1-2H3;1-4H3,(H,7,8). The van der Waals surface area contributed by atoms with E-state index in [1.54, 1.807) is 0 Å². The van der Waals surface area contributed by atoms with E-state index in [0.717, 1.165) is 18.4 Å². The Morgan fingerprint density at radius 2 is 1.61 bits per heavy atom. The molecule has 1 aromatic carbocycles. The quantitative estimate of drug-likeness (QED) is 0.861. The second-order valence-electron chi connectivity index (χ2n) is 6.07. The smallest absolute Gasteiger partial charge is 0.407 e. The summed E-state index contributed by atoms with van der Waals surface area (Å²) in [6.07, 6.45) is 2.22. The fourth-order valence-corrected chi connectivity index (χ4v) is 1.68. The molecule has 0 saturated carbocycles. The monoisotopic (exact) mass is 323 g/mol. The van der Waals surface area contributed by atoms with Crippen LogP contribution in [0, 0.1) is 0 Å². The van der Waals surface area contributed by atoms with Crippen molar-refractivity contribution in [1.29, 1.82) is 0 Å². The summed E-state index contributed by atoms with van der Waals surface area (Å²) >= 11 is 0. The van der Waals surface area contributed by atoms with Gasteiger partial charge in [-0.1, -0.05) is 37.6 Å². The molecule has 0 aliphatic rings. The third-order valence-electron chi connectivity index (χ3n) is 2.74. The molecular formula is C18H29NO4. The van der Waals surface area contributed by atoms with Gasteiger partial charge in [0.25, 0.3) is 0 Å². The van der Waals surface area contributed by atoms with Crippen LogP contribution in [-0.2, 0) is 27.1 Å². The molecule has 0 radical (unpaired) electrons. The molecule has 23 heavy (non-hydrogen) atoms. The number of nitrogens with one attached hydrogen (secondary N) is 1. The number of hydrogen-bond donors (Lipinski definition) is 1. The summed E-state index contributed by atoms with van der Waals surface area (Å²) < 4.78 is 9.43. The lowest BCUT2D eigenvalue weighted by Crippen LogP contribution is -2.30. The van der Waals surface area contributed by atoms with Crippen LogP contribution in [0.3, 0.4) is 0 Å². The molecule has 0 saturated heterocycles. The molecule has 0 fully saturated rings. The zero-order valence-corrected chi connectivity index (χ0v) is 15.1. The third kappa shape index (κ3) is 11.2. The van der Waals surface area contributed by atoms with Crippen molar-refractivity contribution in [1.82, 2.24) is 5.32 Å². The molecule has 1 N–H and O–H groups in total.